The lowest BCUT2D eigenvalue weighted by atomic mass is 9.78. The molecule has 0 aliphatic carbocycles. The van der Waals surface area contributed by atoms with Crippen LogP contribution in [0, 0.1) is 0 Å². The third-order valence-electron chi connectivity index (χ3n) is 8.99. The summed E-state index contributed by atoms with van der Waals surface area (Å²) < 4.78 is 98.3. The van der Waals surface area contributed by atoms with E-state index in [9.17, 15) is 49.1 Å². The smallest absolute Gasteiger partial charge is 0.335 e. The van der Waals surface area contributed by atoms with E-state index in [1.807, 2.05) is 37.2 Å². The van der Waals surface area contributed by atoms with E-state index in [1.165, 1.54) is 6.07 Å². The first-order chi connectivity index (χ1) is 23.4. The van der Waals surface area contributed by atoms with E-state index < -0.39 is 70.3 Å². The Kier molecular flexibility index (Phi) is 11.4. The van der Waals surface area contributed by atoms with E-state index in [-0.39, 0.29) is 43.6 Å². The van der Waals surface area contributed by atoms with Gasteiger partial charge in [0, 0.05) is 48.5 Å². The molecule has 15 nitrogen and oxygen atoms in total. The Hall–Kier alpha value is -3.94. The summed E-state index contributed by atoms with van der Waals surface area (Å²) >= 11 is 0. The van der Waals surface area contributed by atoms with Crippen molar-refractivity contribution in [2.45, 2.75) is 51.4 Å². The summed E-state index contributed by atoms with van der Waals surface area (Å²) in [6.07, 6.45) is 5.46. The third kappa shape index (κ3) is 9.30. The standard InChI is InChI=1S/C33H41N3O12S3/c1-32(2)24-21-22(31(38)39)13-14-25(24)35(16-7-18-49(40,41)42)27(32)11-6-12-28-33(3,4)29-23(30(37)34-15-20-51(46,47)48)9-5-10-26(29)36(28)17-8-19-50(43,44)45/h5-6,9-14,21H,7-8,15-20H2,1-4H3,(H4-,34,37,38,39,40,41,42,43,44,45,46,47,48)/p+1. The van der Waals surface area contributed by atoms with Crippen LogP contribution in [0.3, 0.4) is 0 Å². The quantitative estimate of drug-likeness (QED) is 0.130. The summed E-state index contributed by atoms with van der Waals surface area (Å²) in [6.45, 7) is 7.51. The topological polar surface area (TPSA) is 236 Å². The summed E-state index contributed by atoms with van der Waals surface area (Å²) in [6, 6.07) is 9.65. The number of allylic oxidation sites excluding steroid dienone is 4. The van der Waals surface area contributed by atoms with E-state index in [1.54, 1.807) is 48.6 Å². The molecule has 0 radical (unpaired) electrons. The number of aromatic carboxylic acids is 1. The summed E-state index contributed by atoms with van der Waals surface area (Å²) in [5, 5.41) is 12.2. The molecule has 2 aliphatic rings. The molecule has 51 heavy (non-hydrogen) atoms. The van der Waals surface area contributed by atoms with Gasteiger partial charge in [0.2, 0.25) is 5.69 Å². The molecule has 2 aliphatic heterocycles. The number of benzene rings is 2. The largest absolute Gasteiger partial charge is 0.478 e. The Balaban J connectivity index is 1.79. The van der Waals surface area contributed by atoms with E-state index in [2.05, 4.69) is 5.32 Å². The fraction of sp³-hybridized carbons (Fsp3) is 0.424. The zero-order valence-corrected chi connectivity index (χ0v) is 31.0. The lowest BCUT2D eigenvalue weighted by molar-refractivity contribution is -0.437. The zero-order valence-electron chi connectivity index (χ0n) is 28.5. The average molecular weight is 769 g/mol. The van der Waals surface area contributed by atoms with Gasteiger partial charge in [-0.2, -0.15) is 29.8 Å². The van der Waals surface area contributed by atoms with Crippen molar-refractivity contribution in [2.75, 3.05) is 41.8 Å². The zero-order chi connectivity index (χ0) is 38.2. The second kappa shape index (κ2) is 14.6. The van der Waals surface area contributed by atoms with Gasteiger partial charge in [-0.1, -0.05) is 26.0 Å². The molecule has 0 aromatic heterocycles. The van der Waals surface area contributed by atoms with Crippen molar-refractivity contribution in [1.82, 2.24) is 5.32 Å². The summed E-state index contributed by atoms with van der Waals surface area (Å²) in [5.41, 5.74) is 2.60. The van der Waals surface area contributed by atoms with Gasteiger partial charge in [-0.3, -0.25) is 18.5 Å². The molecule has 0 atom stereocenters. The fourth-order valence-corrected chi connectivity index (χ4v) is 8.07. The Morgan fingerprint density at radius 2 is 1.49 bits per heavy atom. The summed E-state index contributed by atoms with van der Waals surface area (Å²) in [5.74, 6) is -3.37. The van der Waals surface area contributed by atoms with Gasteiger partial charge in [0.25, 0.3) is 36.3 Å². The van der Waals surface area contributed by atoms with Crippen LogP contribution in [0.2, 0.25) is 0 Å². The molecule has 0 bridgehead atoms. The highest BCUT2D eigenvalue weighted by Crippen LogP contribution is 2.48. The molecule has 0 saturated carbocycles. The highest BCUT2D eigenvalue weighted by atomic mass is 32.2. The first-order valence-corrected chi connectivity index (χ1v) is 20.7. The number of hydrogen-bond donors (Lipinski definition) is 5. The number of carbonyl (C=O) groups excluding carboxylic acids is 1. The highest BCUT2D eigenvalue weighted by molar-refractivity contribution is 7.86. The number of carboxylic acid groups (broad SMARTS) is 1. The maximum Gasteiger partial charge on any atom is 0.335 e. The van der Waals surface area contributed by atoms with Gasteiger partial charge in [0.05, 0.1) is 39.4 Å². The van der Waals surface area contributed by atoms with E-state index in [0.717, 1.165) is 0 Å². The first-order valence-electron chi connectivity index (χ1n) is 15.9. The van der Waals surface area contributed by atoms with Crippen LogP contribution in [0.15, 0.2) is 60.3 Å². The van der Waals surface area contributed by atoms with Crippen LogP contribution in [0.25, 0.3) is 0 Å². The Bertz CT molecular complexity index is 2170. The minimum atomic E-state index is -4.32. The van der Waals surface area contributed by atoms with Crippen molar-refractivity contribution in [2.24, 2.45) is 0 Å². The van der Waals surface area contributed by atoms with Gasteiger partial charge in [-0.15, -0.1) is 0 Å². The van der Waals surface area contributed by atoms with Gasteiger partial charge in [-0.25, -0.2) is 4.79 Å². The van der Waals surface area contributed by atoms with Gasteiger partial charge in [-0.05, 0) is 56.2 Å². The van der Waals surface area contributed by atoms with E-state index >= 15 is 0 Å². The summed E-state index contributed by atoms with van der Waals surface area (Å²) in [7, 11) is -12.8. The minimum Gasteiger partial charge on any atom is -0.478 e. The Morgan fingerprint density at radius 1 is 0.863 bits per heavy atom. The number of nitrogens with zero attached hydrogens (tertiary/aromatic N) is 2. The van der Waals surface area contributed by atoms with Crippen molar-refractivity contribution < 1.29 is 58.2 Å². The van der Waals surface area contributed by atoms with Crippen LogP contribution < -0.4 is 10.2 Å². The molecule has 4 rings (SSSR count). The normalized spacial score (nSPS) is 17.6. The van der Waals surface area contributed by atoms with Crippen LogP contribution in [-0.4, -0.2) is 103 Å². The van der Waals surface area contributed by atoms with Gasteiger partial charge < -0.3 is 15.3 Å². The molecular formula is C33H42N3O12S3+. The first kappa shape index (κ1) is 39.8. The number of anilines is 1. The molecule has 2 aromatic rings. The molecular weight excluding hydrogens is 727 g/mol. The van der Waals surface area contributed by atoms with Crippen molar-refractivity contribution >= 4 is 59.3 Å². The second-order valence-electron chi connectivity index (χ2n) is 13.4. The molecule has 5 N–H and O–H groups in total. The molecule has 0 fully saturated rings. The van der Waals surface area contributed by atoms with Crippen molar-refractivity contribution in [3.05, 3.63) is 82.6 Å². The number of nitrogens with one attached hydrogen (secondary N) is 1. The number of fused-ring (bicyclic) bond motifs is 2. The van der Waals surface area contributed by atoms with Crippen LogP contribution in [0.4, 0.5) is 11.4 Å². The average Bonchev–Trinajstić information content (AvgIpc) is 3.33. The number of carboxylic acids is 1. The number of hydrogen-bond acceptors (Lipinski definition) is 9. The predicted octanol–water partition coefficient (Wildman–Crippen LogP) is 3.17. The number of carbonyl (C=O) groups is 2. The molecule has 0 unspecified atom stereocenters. The van der Waals surface area contributed by atoms with Crippen LogP contribution in [0.1, 0.15) is 72.4 Å². The lowest BCUT2D eigenvalue weighted by Gasteiger charge is -2.27. The van der Waals surface area contributed by atoms with Crippen molar-refractivity contribution in [3.8, 4) is 0 Å². The van der Waals surface area contributed by atoms with Crippen LogP contribution in [0.5, 0.6) is 0 Å². The molecule has 278 valence electrons. The Morgan fingerprint density at radius 3 is 2.10 bits per heavy atom. The number of rotatable bonds is 15. The molecule has 2 aromatic carbocycles. The molecule has 0 saturated heterocycles. The monoisotopic (exact) mass is 768 g/mol. The highest BCUT2D eigenvalue weighted by Gasteiger charge is 2.47. The Labute approximate surface area is 297 Å². The maximum atomic E-state index is 13.3. The van der Waals surface area contributed by atoms with E-state index in [4.69, 9.17) is 4.55 Å². The van der Waals surface area contributed by atoms with Crippen molar-refractivity contribution in [3.63, 3.8) is 0 Å². The van der Waals surface area contributed by atoms with Gasteiger partial charge in [0.15, 0.2) is 5.71 Å². The maximum absolute atomic E-state index is 13.3. The van der Waals surface area contributed by atoms with Gasteiger partial charge in [0.1, 0.15) is 6.54 Å². The van der Waals surface area contributed by atoms with Crippen LogP contribution in [-0.2, 0) is 41.2 Å². The second-order valence-corrected chi connectivity index (χ2v) is 18.1. The summed E-state index contributed by atoms with van der Waals surface area (Å²) in [4.78, 5) is 27.0. The predicted molar refractivity (Wildman–Crippen MR) is 191 cm³/mol. The van der Waals surface area contributed by atoms with E-state index in [0.29, 0.717) is 33.9 Å². The molecule has 2 heterocycles. The molecule has 0 spiro atoms. The fourth-order valence-electron chi connectivity index (χ4n) is 6.72. The third-order valence-corrected chi connectivity index (χ3v) is 11.3. The molecule has 18 heteroatoms. The van der Waals surface area contributed by atoms with Gasteiger partial charge >= 0.3 is 5.97 Å². The minimum absolute atomic E-state index is 0.0351. The van der Waals surface area contributed by atoms with Crippen molar-refractivity contribution in [1.29, 1.82) is 0 Å². The van der Waals surface area contributed by atoms with Crippen LogP contribution >= 0.6 is 0 Å². The lowest BCUT2D eigenvalue weighted by Crippen LogP contribution is -2.33. The SMILES string of the molecule is CC1(C)C(/C=C/C=C2/N(CCCS(=O)(=O)O)c3ccc(C(=O)O)cc3C2(C)C)=[N+](CCCS(=O)(=O)O)c2cccc(C(=O)NCCS(=O)(=O)O)c21. The molecule has 1 amide bonds. The number of amides is 1.